The SMILES string of the molecule is COOP(OCCN(C)C)Oc1ccc(NO)cc1. The Kier molecular flexibility index (Phi) is 7.66. The number of likely N-dealkylation sites (N-methyl/N-ethyl adjacent to an activating group) is 1. The van der Waals surface area contributed by atoms with Crippen LogP contribution in [0.2, 0.25) is 0 Å². The highest BCUT2D eigenvalue weighted by molar-refractivity contribution is 7.42. The van der Waals surface area contributed by atoms with Gasteiger partial charge in [-0.15, -0.1) is 4.67 Å². The first-order chi connectivity index (χ1) is 9.15. The van der Waals surface area contributed by atoms with Gasteiger partial charge >= 0.3 is 8.60 Å². The summed E-state index contributed by atoms with van der Waals surface area (Å²) < 4.78 is 15.9. The topological polar surface area (TPSA) is 72.4 Å². The first-order valence-electron chi connectivity index (χ1n) is 5.62. The van der Waals surface area contributed by atoms with E-state index in [1.165, 1.54) is 7.11 Å². The summed E-state index contributed by atoms with van der Waals surface area (Å²) in [5, 5.41) is 8.70. The molecular formula is C11H19N2O5P. The molecule has 7 nitrogen and oxygen atoms in total. The molecule has 108 valence electrons. The summed E-state index contributed by atoms with van der Waals surface area (Å²) in [5.41, 5.74) is 2.60. The number of nitrogens with one attached hydrogen (secondary N) is 1. The minimum atomic E-state index is -1.61. The van der Waals surface area contributed by atoms with E-state index >= 15 is 0 Å². The van der Waals surface area contributed by atoms with E-state index < -0.39 is 8.60 Å². The molecule has 19 heavy (non-hydrogen) atoms. The van der Waals surface area contributed by atoms with Crippen LogP contribution in [0, 0.1) is 0 Å². The fourth-order valence-corrected chi connectivity index (χ4v) is 1.87. The van der Waals surface area contributed by atoms with Crippen molar-refractivity contribution in [1.82, 2.24) is 4.90 Å². The minimum Gasteiger partial charge on any atom is -0.425 e. The molecule has 0 aliphatic carbocycles. The Morgan fingerprint density at radius 1 is 1.26 bits per heavy atom. The third kappa shape index (κ3) is 6.68. The number of nitrogens with zero attached hydrogens (tertiary/aromatic N) is 1. The average Bonchev–Trinajstić information content (AvgIpc) is 2.39. The van der Waals surface area contributed by atoms with Crippen molar-refractivity contribution in [2.45, 2.75) is 0 Å². The van der Waals surface area contributed by atoms with E-state index in [9.17, 15) is 0 Å². The smallest absolute Gasteiger partial charge is 0.425 e. The normalized spacial score (nSPS) is 12.5. The quantitative estimate of drug-likeness (QED) is 0.410. The van der Waals surface area contributed by atoms with E-state index in [2.05, 4.69) is 4.89 Å². The number of hydrogen-bond acceptors (Lipinski definition) is 7. The highest BCUT2D eigenvalue weighted by Gasteiger charge is 2.15. The Labute approximate surface area is 113 Å². The molecule has 0 aliphatic heterocycles. The summed E-state index contributed by atoms with van der Waals surface area (Å²) in [6.07, 6.45) is 0. The summed E-state index contributed by atoms with van der Waals surface area (Å²) in [5.74, 6) is 0.562. The predicted octanol–water partition coefficient (Wildman–Crippen LogP) is 2.25. The maximum atomic E-state index is 8.70. The van der Waals surface area contributed by atoms with Crippen molar-refractivity contribution < 1.29 is 23.8 Å². The lowest BCUT2D eigenvalue weighted by molar-refractivity contribution is -0.186. The van der Waals surface area contributed by atoms with Crippen LogP contribution in [0.25, 0.3) is 0 Å². The van der Waals surface area contributed by atoms with E-state index in [-0.39, 0.29) is 0 Å². The Balaban J connectivity index is 2.46. The predicted molar refractivity (Wildman–Crippen MR) is 72.0 cm³/mol. The molecule has 0 fully saturated rings. The van der Waals surface area contributed by atoms with Gasteiger partial charge in [0.15, 0.2) is 0 Å². The van der Waals surface area contributed by atoms with Crippen molar-refractivity contribution in [3.05, 3.63) is 24.3 Å². The molecule has 1 atom stereocenters. The molecule has 1 aromatic carbocycles. The first kappa shape index (κ1) is 16.1. The maximum Gasteiger partial charge on any atom is 0.427 e. The van der Waals surface area contributed by atoms with E-state index in [1.807, 2.05) is 24.5 Å². The van der Waals surface area contributed by atoms with Crippen LogP contribution in [-0.4, -0.2) is 44.5 Å². The van der Waals surface area contributed by atoms with Crippen molar-refractivity contribution in [3.8, 4) is 5.75 Å². The van der Waals surface area contributed by atoms with Crippen LogP contribution in [0.3, 0.4) is 0 Å². The third-order valence-electron chi connectivity index (χ3n) is 2.03. The molecule has 0 aromatic heterocycles. The molecule has 1 aromatic rings. The molecule has 0 spiro atoms. The molecule has 0 aliphatic rings. The van der Waals surface area contributed by atoms with E-state index in [0.717, 1.165) is 6.54 Å². The third-order valence-corrected chi connectivity index (χ3v) is 3.06. The zero-order valence-corrected chi connectivity index (χ0v) is 12.1. The second-order valence-electron chi connectivity index (χ2n) is 3.83. The summed E-state index contributed by atoms with van der Waals surface area (Å²) in [4.78, 5) is 6.58. The van der Waals surface area contributed by atoms with Gasteiger partial charge in [-0.05, 0) is 38.4 Å². The summed E-state index contributed by atoms with van der Waals surface area (Å²) in [6, 6.07) is 6.69. The van der Waals surface area contributed by atoms with Gasteiger partial charge in [0.05, 0.1) is 19.4 Å². The lowest BCUT2D eigenvalue weighted by atomic mass is 10.3. The average molecular weight is 290 g/mol. The fraction of sp³-hybridized carbons (Fsp3) is 0.455. The van der Waals surface area contributed by atoms with Crippen LogP contribution in [0.15, 0.2) is 24.3 Å². The Bertz CT molecular complexity index is 349. The second-order valence-corrected chi connectivity index (χ2v) is 4.87. The highest BCUT2D eigenvalue weighted by Crippen LogP contribution is 2.40. The van der Waals surface area contributed by atoms with Crippen LogP contribution < -0.4 is 10.0 Å². The van der Waals surface area contributed by atoms with Crippen LogP contribution in [0.4, 0.5) is 5.69 Å². The molecule has 0 bridgehead atoms. The van der Waals surface area contributed by atoms with E-state index in [4.69, 9.17) is 18.9 Å². The van der Waals surface area contributed by atoms with Gasteiger partial charge in [0, 0.05) is 6.54 Å². The molecule has 0 heterocycles. The van der Waals surface area contributed by atoms with Gasteiger partial charge in [0.25, 0.3) is 0 Å². The number of rotatable bonds is 9. The molecule has 0 saturated heterocycles. The van der Waals surface area contributed by atoms with Crippen LogP contribution in [0.1, 0.15) is 0 Å². The van der Waals surface area contributed by atoms with Crippen molar-refractivity contribution in [3.63, 3.8) is 0 Å². The lowest BCUT2D eigenvalue weighted by Gasteiger charge is -2.16. The summed E-state index contributed by atoms with van der Waals surface area (Å²) in [6.45, 7) is 1.22. The van der Waals surface area contributed by atoms with Crippen molar-refractivity contribution in [2.75, 3.05) is 39.8 Å². The monoisotopic (exact) mass is 290 g/mol. The van der Waals surface area contributed by atoms with Crippen LogP contribution in [-0.2, 0) is 14.1 Å². The van der Waals surface area contributed by atoms with Crippen molar-refractivity contribution in [2.24, 2.45) is 0 Å². The van der Waals surface area contributed by atoms with Gasteiger partial charge in [-0.3, -0.25) is 15.2 Å². The molecular weight excluding hydrogens is 271 g/mol. The molecule has 0 saturated carbocycles. The molecule has 1 unspecified atom stereocenters. The van der Waals surface area contributed by atoms with Gasteiger partial charge in [0.1, 0.15) is 5.75 Å². The first-order valence-corrected chi connectivity index (χ1v) is 6.72. The highest BCUT2D eigenvalue weighted by atomic mass is 31.2. The second kappa shape index (κ2) is 9.03. The zero-order chi connectivity index (χ0) is 14.1. The largest absolute Gasteiger partial charge is 0.427 e. The minimum absolute atomic E-state index is 0.471. The van der Waals surface area contributed by atoms with Gasteiger partial charge in [-0.25, -0.2) is 4.89 Å². The van der Waals surface area contributed by atoms with Gasteiger partial charge in [-0.2, -0.15) is 0 Å². The lowest BCUT2D eigenvalue weighted by Crippen LogP contribution is -2.17. The summed E-state index contributed by atoms with van der Waals surface area (Å²) in [7, 11) is 3.68. The Morgan fingerprint density at radius 2 is 1.95 bits per heavy atom. The zero-order valence-electron chi connectivity index (χ0n) is 11.2. The van der Waals surface area contributed by atoms with Gasteiger partial charge in [-0.1, -0.05) is 0 Å². The van der Waals surface area contributed by atoms with Crippen molar-refractivity contribution >= 4 is 14.3 Å². The van der Waals surface area contributed by atoms with Crippen LogP contribution in [0.5, 0.6) is 5.75 Å². The standard InChI is InChI=1S/C11H19N2O5P/c1-13(2)8-9-16-19(18-15-3)17-11-6-4-10(12-14)5-7-11/h4-7,12,14H,8-9H2,1-3H3. The summed E-state index contributed by atoms with van der Waals surface area (Å²) >= 11 is 0. The molecule has 0 radical (unpaired) electrons. The van der Waals surface area contributed by atoms with Crippen LogP contribution >= 0.6 is 8.60 Å². The molecule has 2 N–H and O–H groups in total. The Hall–Kier alpha value is -0.950. The van der Waals surface area contributed by atoms with E-state index in [0.29, 0.717) is 18.0 Å². The Morgan fingerprint density at radius 3 is 2.47 bits per heavy atom. The molecule has 0 amide bonds. The van der Waals surface area contributed by atoms with Gasteiger partial charge < -0.3 is 9.42 Å². The van der Waals surface area contributed by atoms with Crippen molar-refractivity contribution in [1.29, 1.82) is 0 Å². The molecule has 1 rings (SSSR count). The molecule has 8 heteroatoms. The maximum absolute atomic E-state index is 8.70. The van der Waals surface area contributed by atoms with Gasteiger partial charge in [0.2, 0.25) is 0 Å². The number of hydrogen-bond donors (Lipinski definition) is 2. The van der Waals surface area contributed by atoms with E-state index in [1.54, 1.807) is 24.3 Å². The number of benzene rings is 1. The fourth-order valence-electron chi connectivity index (χ4n) is 1.10. The number of anilines is 1.